The summed E-state index contributed by atoms with van der Waals surface area (Å²) < 4.78 is 5.10. The standard InChI is InChI=1S/C12H18ClN3O2/c1-12(2,3)18-11(17)16-7-6-15-10-8-14-5-4-9(10)13/h4-5,8,15H,6-7H2,1-3H3,(H,16,17). The molecule has 18 heavy (non-hydrogen) atoms. The maximum absolute atomic E-state index is 11.3. The summed E-state index contributed by atoms with van der Waals surface area (Å²) in [6, 6.07) is 1.70. The Morgan fingerprint density at radius 3 is 2.78 bits per heavy atom. The number of hydrogen-bond donors (Lipinski definition) is 2. The molecule has 1 aromatic rings. The molecule has 0 aromatic carbocycles. The van der Waals surface area contributed by atoms with Crippen molar-refractivity contribution in [3.05, 3.63) is 23.5 Å². The molecule has 1 amide bonds. The van der Waals surface area contributed by atoms with Gasteiger partial charge in [0.25, 0.3) is 0 Å². The quantitative estimate of drug-likeness (QED) is 0.827. The van der Waals surface area contributed by atoms with Crippen LogP contribution in [-0.4, -0.2) is 29.8 Å². The number of pyridine rings is 1. The van der Waals surface area contributed by atoms with Gasteiger partial charge in [-0.15, -0.1) is 0 Å². The second-order valence-electron chi connectivity index (χ2n) is 4.71. The van der Waals surface area contributed by atoms with E-state index in [1.807, 2.05) is 20.8 Å². The molecule has 0 saturated carbocycles. The third-order valence-corrected chi connectivity index (χ3v) is 2.21. The van der Waals surface area contributed by atoms with E-state index in [0.29, 0.717) is 18.1 Å². The predicted molar refractivity (Wildman–Crippen MR) is 72.0 cm³/mol. The lowest BCUT2D eigenvalue weighted by atomic mass is 10.2. The maximum atomic E-state index is 11.3. The van der Waals surface area contributed by atoms with Gasteiger partial charge in [-0.2, -0.15) is 0 Å². The summed E-state index contributed by atoms with van der Waals surface area (Å²) in [6.45, 7) is 6.45. The van der Waals surface area contributed by atoms with Gasteiger partial charge in [-0.1, -0.05) is 11.6 Å². The Labute approximate surface area is 112 Å². The molecule has 1 aromatic heterocycles. The summed E-state index contributed by atoms with van der Waals surface area (Å²) >= 11 is 5.94. The number of alkyl carbamates (subject to hydrolysis) is 1. The molecule has 0 aliphatic heterocycles. The van der Waals surface area contributed by atoms with E-state index in [4.69, 9.17) is 16.3 Å². The Morgan fingerprint density at radius 2 is 2.17 bits per heavy atom. The Morgan fingerprint density at radius 1 is 1.44 bits per heavy atom. The van der Waals surface area contributed by atoms with Crippen molar-refractivity contribution in [1.29, 1.82) is 0 Å². The first-order valence-corrected chi connectivity index (χ1v) is 6.06. The zero-order chi connectivity index (χ0) is 13.6. The van der Waals surface area contributed by atoms with E-state index >= 15 is 0 Å². The van der Waals surface area contributed by atoms with E-state index in [1.165, 1.54) is 0 Å². The highest BCUT2D eigenvalue weighted by Gasteiger charge is 2.15. The van der Waals surface area contributed by atoms with Gasteiger partial charge in [0.1, 0.15) is 5.60 Å². The highest BCUT2D eigenvalue weighted by atomic mass is 35.5. The van der Waals surface area contributed by atoms with Crippen LogP contribution in [0.4, 0.5) is 10.5 Å². The van der Waals surface area contributed by atoms with Crippen LogP contribution >= 0.6 is 11.6 Å². The van der Waals surface area contributed by atoms with Crippen LogP contribution in [0.25, 0.3) is 0 Å². The van der Waals surface area contributed by atoms with Crippen molar-refractivity contribution in [1.82, 2.24) is 10.3 Å². The van der Waals surface area contributed by atoms with Gasteiger partial charge in [0, 0.05) is 19.3 Å². The van der Waals surface area contributed by atoms with Crippen LogP contribution in [0.2, 0.25) is 5.02 Å². The zero-order valence-electron chi connectivity index (χ0n) is 10.8. The molecule has 0 unspecified atom stereocenters. The summed E-state index contributed by atoms with van der Waals surface area (Å²) in [4.78, 5) is 15.3. The van der Waals surface area contributed by atoms with E-state index in [-0.39, 0.29) is 0 Å². The maximum Gasteiger partial charge on any atom is 0.407 e. The van der Waals surface area contributed by atoms with Gasteiger partial charge in [0.15, 0.2) is 0 Å². The molecule has 0 aliphatic rings. The van der Waals surface area contributed by atoms with Crippen LogP contribution < -0.4 is 10.6 Å². The number of aromatic nitrogens is 1. The molecule has 6 heteroatoms. The van der Waals surface area contributed by atoms with Crippen molar-refractivity contribution >= 4 is 23.4 Å². The molecule has 1 rings (SSSR count). The van der Waals surface area contributed by atoms with Crippen molar-refractivity contribution < 1.29 is 9.53 Å². The molecule has 0 atom stereocenters. The number of rotatable bonds is 4. The van der Waals surface area contributed by atoms with E-state index in [9.17, 15) is 4.79 Å². The van der Waals surface area contributed by atoms with Gasteiger partial charge in [-0.3, -0.25) is 4.98 Å². The van der Waals surface area contributed by atoms with Crippen molar-refractivity contribution in [2.45, 2.75) is 26.4 Å². The Kier molecular flexibility index (Phi) is 5.22. The average molecular weight is 272 g/mol. The molecule has 0 saturated heterocycles. The molecule has 100 valence electrons. The lowest BCUT2D eigenvalue weighted by Gasteiger charge is -2.19. The van der Waals surface area contributed by atoms with E-state index in [1.54, 1.807) is 18.5 Å². The number of anilines is 1. The van der Waals surface area contributed by atoms with Crippen molar-refractivity contribution in [2.24, 2.45) is 0 Å². The summed E-state index contributed by atoms with van der Waals surface area (Å²) in [5.41, 5.74) is 0.259. The Bertz CT molecular complexity index is 405. The lowest BCUT2D eigenvalue weighted by molar-refractivity contribution is 0.0530. The lowest BCUT2D eigenvalue weighted by Crippen LogP contribution is -2.35. The van der Waals surface area contributed by atoms with Gasteiger partial charge >= 0.3 is 6.09 Å². The van der Waals surface area contributed by atoms with Crippen LogP contribution in [0, 0.1) is 0 Å². The fraction of sp³-hybridized carbons (Fsp3) is 0.500. The van der Waals surface area contributed by atoms with Crippen LogP contribution in [0.1, 0.15) is 20.8 Å². The number of amides is 1. The second-order valence-corrected chi connectivity index (χ2v) is 5.12. The fourth-order valence-electron chi connectivity index (χ4n) is 1.18. The minimum Gasteiger partial charge on any atom is -0.444 e. The summed E-state index contributed by atoms with van der Waals surface area (Å²) in [7, 11) is 0. The van der Waals surface area contributed by atoms with E-state index < -0.39 is 11.7 Å². The van der Waals surface area contributed by atoms with Crippen molar-refractivity contribution in [3.8, 4) is 0 Å². The Hall–Kier alpha value is -1.49. The van der Waals surface area contributed by atoms with Crippen LogP contribution in [0.15, 0.2) is 18.5 Å². The molecule has 0 radical (unpaired) electrons. The van der Waals surface area contributed by atoms with Gasteiger partial charge < -0.3 is 15.4 Å². The van der Waals surface area contributed by atoms with Gasteiger partial charge in [0.2, 0.25) is 0 Å². The third kappa shape index (κ3) is 5.72. The SMILES string of the molecule is CC(C)(C)OC(=O)NCCNc1cnccc1Cl. The Balaban J connectivity index is 2.23. The highest BCUT2D eigenvalue weighted by Crippen LogP contribution is 2.18. The molecule has 0 fully saturated rings. The molecule has 5 nitrogen and oxygen atoms in total. The fourth-order valence-corrected chi connectivity index (χ4v) is 1.36. The molecule has 1 heterocycles. The van der Waals surface area contributed by atoms with Crippen LogP contribution in [0.5, 0.6) is 0 Å². The summed E-state index contributed by atoms with van der Waals surface area (Å²) in [5.74, 6) is 0. The molecule has 2 N–H and O–H groups in total. The minimum atomic E-state index is -0.482. The number of nitrogens with zero attached hydrogens (tertiary/aromatic N) is 1. The second kappa shape index (κ2) is 6.44. The van der Waals surface area contributed by atoms with E-state index in [0.717, 1.165) is 5.69 Å². The molecular formula is C12H18ClN3O2. The first kappa shape index (κ1) is 14.6. The molecule has 0 bridgehead atoms. The van der Waals surface area contributed by atoms with Crippen molar-refractivity contribution in [2.75, 3.05) is 18.4 Å². The van der Waals surface area contributed by atoms with Gasteiger partial charge in [-0.05, 0) is 26.8 Å². The van der Waals surface area contributed by atoms with E-state index in [2.05, 4.69) is 15.6 Å². The first-order chi connectivity index (χ1) is 8.38. The average Bonchev–Trinajstić information content (AvgIpc) is 2.24. The largest absolute Gasteiger partial charge is 0.444 e. The topological polar surface area (TPSA) is 63.2 Å². The number of halogens is 1. The molecule has 0 spiro atoms. The van der Waals surface area contributed by atoms with Crippen LogP contribution in [-0.2, 0) is 4.74 Å². The minimum absolute atomic E-state index is 0.429. The third-order valence-electron chi connectivity index (χ3n) is 1.88. The first-order valence-electron chi connectivity index (χ1n) is 5.69. The van der Waals surface area contributed by atoms with Crippen LogP contribution in [0.3, 0.4) is 0 Å². The predicted octanol–water partition coefficient (Wildman–Crippen LogP) is 2.67. The summed E-state index contributed by atoms with van der Waals surface area (Å²) in [5, 5.41) is 6.31. The number of ether oxygens (including phenoxy) is 1. The van der Waals surface area contributed by atoms with Gasteiger partial charge in [0.05, 0.1) is 16.9 Å². The van der Waals surface area contributed by atoms with Crippen molar-refractivity contribution in [3.63, 3.8) is 0 Å². The monoisotopic (exact) mass is 271 g/mol. The molecular weight excluding hydrogens is 254 g/mol. The summed E-state index contributed by atoms with van der Waals surface area (Å²) in [6.07, 6.45) is 2.82. The zero-order valence-corrected chi connectivity index (χ0v) is 11.5. The number of nitrogens with one attached hydrogen (secondary N) is 2. The number of carbonyl (C=O) groups is 1. The highest BCUT2D eigenvalue weighted by molar-refractivity contribution is 6.33. The smallest absolute Gasteiger partial charge is 0.407 e. The van der Waals surface area contributed by atoms with Gasteiger partial charge in [-0.25, -0.2) is 4.79 Å². The number of carbonyl (C=O) groups excluding carboxylic acids is 1. The normalized spacial score (nSPS) is 10.9. The number of hydrogen-bond acceptors (Lipinski definition) is 4. The molecule has 0 aliphatic carbocycles.